The van der Waals surface area contributed by atoms with Crippen LogP contribution in [-0.2, 0) is 6.54 Å². The van der Waals surface area contributed by atoms with Crippen molar-refractivity contribution in [1.82, 2.24) is 14.9 Å². The Morgan fingerprint density at radius 3 is 2.54 bits per heavy atom. The molecule has 0 bridgehead atoms. The number of hydrogen-bond acceptors (Lipinski definition) is 4. The zero-order chi connectivity index (χ0) is 24.9. The van der Waals surface area contributed by atoms with Crippen LogP contribution >= 0.6 is 0 Å². The molecule has 3 aromatic rings. The molecular formula is C26H24F4N4O. The smallest absolute Gasteiger partial charge is 0.254 e. The lowest BCUT2D eigenvalue weighted by molar-refractivity contribution is -0.0876. The molecule has 1 amide bonds. The van der Waals surface area contributed by atoms with E-state index >= 15 is 8.78 Å². The number of fused-ring (bicyclic) bond motifs is 1. The van der Waals surface area contributed by atoms with Crippen molar-refractivity contribution in [2.75, 3.05) is 11.9 Å². The largest absolute Gasteiger partial charge is 0.363 e. The first kappa shape index (κ1) is 23.3. The number of amides is 1. The van der Waals surface area contributed by atoms with Crippen molar-refractivity contribution in [1.29, 1.82) is 0 Å². The molecule has 35 heavy (non-hydrogen) atoms. The Bertz CT molecular complexity index is 1300. The third-order valence-electron chi connectivity index (χ3n) is 6.81. The maximum atomic E-state index is 15.2. The van der Waals surface area contributed by atoms with Gasteiger partial charge >= 0.3 is 0 Å². The van der Waals surface area contributed by atoms with Crippen LogP contribution in [0.15, 0.2) is 42.7 Å². The maximum Gasteiger partial charge on any atom is 0.254 e. The molecule has 3 heterocycles. The molecule has 182 valence electrons. The molecule has 1 aliphatic heterocycles. The molecule has 0 unspecified atom stereocenters. The van der Waals surface area contributed by atoms with Crippen LogP contribution in [0.5, 0.6) is 0 Å². The van der Waals surface area contributed by atoms with E-state index in [1.54, 1.807) is 24.0 Å². The second-order valence-corrected chi connectivity index (χ2v) is 9.16. The molecule has 1 N–H and O–H groups in total. The van der Waals surface area contributed by atoms with E-state index in [2.05, 4.69) is 15.3 Å². The van der Waals surface area contributed by atoms with Gasteiger partial charge in [-0.05, 0) is 49.7 Å². The first-order valence-electron chi connectivity index (χ1n) is 11.5. The third kappa shape index (κ3) is 4.24. The van der Waals surface area contributed by atoms with Gasteiger partial charge in [-0.15, -0.1) is 0 Å². The van der Waals surface area contributed by atoms with E-state index in [1.165, 1.54) is 18.5 Å². The Kier molecular flexibility index (Phi) is 5.73. The standard InChI is InChI=1S/C26H24F4N4O/c1-3-34-13-20-17(25(34)35)5-7-32-24(20)33-14(2)18-9-22(28)19(10-21(18)27)15-4-6-31-23(8-15)16-11-26(29,30)12-16/h4-10,14,16H,3,11-13H2,1-2H3,(H,32,33)/t14-/m0/s1. The van der Waals surface area contributed by atoms with Crippen LogP contribution in [0.3, 0.4) is 0 Å². The molecule has 1 aromatic carbocycles. The summed E-state index contributed by atoms with van der Waals surface area (Å²) in [7, 11) is 0. The number of rotatable bonds is 6. The highest BCUT2D eigenvalue weighted by Gasteiger charge is 2.46. The molecule has 1 saturated carbocycles. The fourth-order valence-corrected chi connectivity index (χ4v) is 4.77. The number of nitrogens with zero attached hydrogens (tertiary/aromatic N) is 3. The SMILES string of the molecule is CCN1Cc2c(ccnc2N[C@@H](C)c2cc(F)c(-c3ccnc(C4CC(F)(F)C4)c3)cc2F)C1=O. The number of hydrogen-bond donors (Lipinski definition) is 1. The van der Waals surface area contributed by atoms with Gasteiger partial charge in [0.2, 0.25) is 5.92 Å². The van der Waals surface area contributed by atoms with Gasteiger partial charge in [0.25, 0.3) is 5.91 Å². The molecule has 0 spiro atoms. The topological polar surface area (TPSA) is 58.1 Å². The zero-order valence-electron chi connectivity index (χ0n) is 19.3. The predicted octanol–water partition coefficient (Wildman–Crippen LogP) is 6.08. The third-order valence-corrected chi connectivity index (χ3v) is 6.81. The Morgan fingerprint density at radius 1 is 1.09 bits per heavy atom. The molecule has 9 heteroatoms. The van der Waals surface area contributed by atoms with Crippen molar-refractivity contribution in [2.24, 2.45) is 0 Å². The number of benzene rings is 1. The predicted molar refractivity (Wildman–Crippen MR) is 123 cm³/mol. The quantitative estimate of drug-likeness (QED) is 0.431. The summed E-state index contributed by atoms with van der Waals surface area (Å²) in [5.41, 5.74) is 2.26. The lowest BCUT2D eigenvalue weighted by atomic mass is 9.78. The number of alkyl halides is 2. The highest BCUT2D eigenvalue weighted by molar-refractivity contribution is 5.99. The van der Waals surface area contributed by atoms with Gasteiger partial charge in [-0.25, -0.2) is 22.5 Å². The van der Waals surface area contributed by atoms with E-state index in [9.17, 15) is 13.6 Å². The summed E-state index contributed by atoms with van der Waals surface area (Å²) in [6, 6.07) is 6.36. The number of anilines is 1. The van der Waals surface area contributed by atoms with Crippen LogP contribution < -0.4 is 5.32 Å². The molecule has 2 aromatic heterocycles. The van der Waals surface area contributed by atoms with E-state index in [1.807, 2.05) is 6.92 Å². The second kappa shape index (κ2) is 8.62. The van der Waals surface area contributed by atoms with Crippen LogP contribution in [0, 0.1) is 11.6 Å². The summed E-state index contributed by atoms with van der Waals surface area (Å²) in [4.78, 5) is 22.6. The van der Waals surface area contributed by atoms with Crippen molar-refractivity contribution in [3.63, 3.8) is 0 Å². The first-order chi connectivity index (χ1) is 16.7. The molecule has 2 aliphatic rings. The zero-order valence-corrected chi connectivity index (χ0v) is 19.3. The number of nitrogens with one attached hydrogen (secondary N) is 1. The van der Waals surface area contributed by atoms with Crippen molar-refractivity contribution < 1.29 is 22.4 Å². The van der Waals surface area contributed by atoms with Gasteiger partial charge in [0.05, 0.1) is 12.6 Å². The minimum atomic E-state index is -2.69. The number of carbonyl (C=O) groups is 1. The summed E-state index contributed by atoms with van der Waals surface area (Å²) in [6.07, 6.45) is 2.37. The van der Waals surface area contributed by atoms with E-state index in [0.717, 1.165) is 17.7 Å². The molecule has 1 aliphatic carbocycles. The van der Waals surface area contributed by atoms with Crippen molar-refractivity contribution in [2.45, 2.75) is 51.1 Å². The fourth-order valence-electron chi connectivity index (χ4n) is 4.77. The number of aromatic nitrogens is 2. The number of carbonyl (C=O) groups excluding carboxylic acids is 1. The van der Waals surface area contributed by atoms with Crippen LogP contribution in [-0.4, -0.2) is 33.2 Å². The summed E-state index contributed by atoms with van der Waals surface area (Å²) in [6.45, 7) is 4.54. The van der Waals surface area contributed by atoms with E-state index in [4.69, 9.17) is 0 Å². The van der Waals surface area contributed by atoms with E-state index in [-0.39, 0.29) is 29.9 Å². The van der Waals surface area contributed by atoms with Crippen LogP contribution in [0.1, 0.15) is 65.8 Å². The molecule has 5 nitrogen and oxygen atoms in total. The van der Waals surface area contributed by atoms with Crippen LogP contribution in [0.2, 0.25) is 0 Å². The molecule has 1 atom stereocenters. The van der Waals surface area contributed by atoms with Gasteiger partial charge in [0, 0.05) is 65.6 Å². The van der Waals surface area contributed by atoms with Crippen LogP contribution in [0.4, 0.5) is 23.4 Å². The Labute approximate surface area is 200 Å². The molecular weight excluding hydrogens is 460 g/mol. The minimum Gasteiger partial charge on any atom is -0.363 e. The van der Waals surface area contributed by atoms with Crippen molar-refractivity contribution >= 4 is 11.7 Å². The highest BCUT2D eigenvalue weighted by atomic mass is 19.3. The van der Waals surface area contributed by atoms with Crippen molar-refractivity contribution in [3.05, 3.63) is 76.7 Å². The van der Waals surface area contributed by atoms with Gasteiger partial charge in [-0.1, -0.05) is 0 Å². The van der Waals surface area contributed by atoms with Gasteiger partial charge in [0.15, 0.2) is 0 Å². The second-order valence-electron chi connectivity index (χ2n) is 9.16. The lowest BCUT2D eigenvalue weighted by Gasteiger charge is -2.34. The van der Waals surface area contributed by atoms with E-state index in [0.29, 0.717) is 35.7 Å². The van der Waals surface area contributed by atoms with Gasteiger partial charge in [-0.3, -0.25) is 9.78 Å². The Hall–Kier alpha value is -3.49. The Morgan fingerprint density at radius 2 is 1.83 bits per heavy atom. The summed E-state index contributed by atoms with van der Waals surface area (Å²) in [5.74, 6) is -3.96. The molecule has 5 rings (SSSR count). The molecule has 0 saturated heterocycles. The normalized spacial score (nSPS) is 17.8. The summed E-state index contributed by atoms with van der Waals surface area (Å²) in [5, 5.41) is 3.12. The summed E-state index contributed by atoms with van der Waals surface area (Å²) >= 11 is 0. The van der Waals surface area contributed by atoms with E-state index < -0.39 is 29.5 Å². The fraction of sp³-hybridized carbons (Fsp3) is 0.346. The lowest BCUT2D eigenvalue weighted by Crippen LogP contribution is -2.34. The minimum absolute atomic E-state index is 0.0381. The summed E-state index contributed by atoms with van der Waals surface area (Å²) < 4.78 is 56.8. The Balaban J connectivity index is 1.39. The molecule has 1 fully saturated rings. The average Bonchev–Trinajstić information content (AvgIpc) is 3.15. The van der Waals surface area contributed by atoms with Crippen molar-refractivity contribution in [3.8, 4) is 11.1 Å². The maximum absolute atomic E-state index is 15.2. The van der Waals surface area contributed by atoms with Gasteiger partial charge in [-0.2, -0.15) is 0 Å². The first-order valence-corrected chi connectivity index (χ1v) is 11.5. The number of pyridine rings is 2. The van der Waals surface area contributed by atoms with Gasteiger partial charge < -0.3 is 10.2 Å². The monoisotopic (exact) mass is 484 g/mol. The average molecular weight is 484 g/mol. The number of halogens is 4. The van der Waals surface area contributed by atoms with Gasteiger partial charge in [0.1, 0.15) is 17.5 Å². The highest BCUT2D eigenvalue weighted by Crippen LogP contribution is 2.48. The van der Waals surface area contributed by atoms with Crippen LogP contribution in [0.25, 0.3) is 11.1 Å². The molecule has 0 radical (unpaired) electrons.